The standard InChI is InChI=1S/C19H25NO4/c1-11(2)9-14-18(3,4)19(14,17(23)24)10-20-15(21)12-7-5-6-8-13(12)16(20)22/h5,7,9,12-14H,6,8,10H2,1-4H3,(H,23,24). The van der Waals surface area contributed by atoms with Gasteiger partial charge in [0.05, 0.1) is 17.3 Å². The Bertz CT molecular complexity index is 671. The third-order valence-electron chi connectivity index (χ3n) is 6.22. The van der Waals surface area contributed by atoms with Crippen LogP contribution < -0.4 is 0 Å². The Hall–Kier alpha value is -1.91. The molecule has 0 radical (unpaired) electrons. The molecule has 0 aromatic heterocycles. The molecule has 130 valence electrons. The minimum Gasteiger partial charge on any atom is -0.481 e. The van der Waals surface area contributed by atoms with Gasteiger partial charge in [-0.3, -0.25) is 19.3 Å². The van der Waals surface area contributed by atoms with Crippen LogP contribution in [0.15, 0.2) is 23.8 Å². The number of imide groups is 1. The third-order valence-corrected chi connectivity index (χ3v) is 6.22. The summed E-state index contributed by atoms with van der Waals surface area (Å²) in [7, 11) is 0. The molecule has 2 amide bonds. The van der Waals surface area contributed by atoms with Gasteiger partial charge < -0.3 is 5.11 Å². The van der Waals surface area contributed by atoms with Crippen molar-refractivity contribution in [1.29, 1.82) is 0 Å². The van der Waals surface area contributed by atoms with Crippen LogP contribution in [-0.2, 0) is 14.4 Å². The number of aliphatic carboxylic acids is 1. The van der Waals surface area contributed by atoms with E-state index < -0.39 is 22.7 Å². The van der Waals surface area contributed by atoms with Gasteiger partial charge in [0.15, 0.2) is 0 Å². The van der Waals surface area contributed by atoms with E-state index in [0.717, 1.165) is 12.0 Å². The number of amides is 2. The molecule has 24 heavy (non-hydrogen) atoms. The zero-order valence-corrected chi connectivity index (χ0v) is 14.7. The van der Waals surface area contributed by atoms with Crippen molar-refractivity contribution in [3.63, 3.8) is 0 Å². The maximum Gasteiger partial charge on any atom is 0.312 e. The van der Waals surface area contributed by atoms with Crippen LogP contribution in [0.5, 0.6) is 0 Å². The van der Waals surface area contributed by atoms with Crippen molar-refractivity contribution in [2.75, 3.05) is 6.54 Å². The zero-order chi connectivity index (χ0) is 17.9. The van der Waals surface area contributed by atoms with Crippen LogP contribution in [-0.4, -0.2) is 34.3 Å². The van der Waals surface area contributed by atoms with Gasteiger partial charge in [0, 0.05) is 12.5 Å². The molecule has 1 saturated carbocycles. The molecule has 0 aromatic carbocycles. The molecule has 3 aliphatic rings. The van der Waals surface area contributed by atoms with Gasteiger partial charge in [-0.25, -0.2) is 0 Å². The first-order valence-electron chi connectivity index (χ1n) is 8.55. The highest BCUT2D eigenvalue weighted by Crippen LogP contribution is 2.70. The van der Waals surface area contributed by atoms with Gasteiger partial charge in [0.25, 0.3) is 0 Å². The Kier molecular flexibility index (Phi) is 3.74. The highest BCUT2D eigenvalue weighted by Gasteiger charge is 2.76. The number of carbonyl (C=O) groups is 3. The van der Waals surface area contributed by atoms with Crippen LogP contribution in [0, 0.1) is 28.6 Å². The van der Waals surface area contributed by atoms with Crippen LogP contribution >= 0.6 is 0 Å². The molecular weight excluding hydrogens is 306 g/mol. The molecule has 0 aromatic rings. The van der Waals surface area contributed by atoms with E-state index >= 15 is 0 Å². The Balaban J connectivity index is 1.92. The van der Waals surface area contributed by atoms with Gasteiger partial charge in [0.1, 0.15) is 0 Å². The number of hydrogen-bond acceptors (Lipinski definition) is 3. The van der Waals surface area contributed by atoms with Crippen molar-refractivity contribution < 1.29 is 19.5 Å². The van der Waals surface area contributed by atoms with Crippen LogP contribution in [0.25, 0.3) is 0 Å². The quantitative estimate of drug-likeness (QED) is 0.635. The summed E-state index contributed by atoms with van der Waals surface area (Å²) in [6, 6.07) is 0. The number of fused-ring (bicyclic) bond motifs is 1. The Morgan fingerprint density at radius 2 is 2.00 bits per heavy atom. The van der Waals surface area contributed by atoms with Crippen molar-refractivity contribution in [2.45, 2.75) is 40.5 Å². The predicted octanol–water partition coefficient (Wildman–Crippen LogP) is 2.63. The average molecular weight is 331 g/mol. The minimum atomic E-state index is -1.09. The highest BCUT2D eigenvalue weighted by molar-refractivity contribution is 6.06. The first-order chi connectivity index (χ1) is 11.1. The van der Waals surface area contributed by atoms with E-state index in [1.165, 1.54) is 4.90 Å². The highest BCUT2D eigenvalue weighted by atomic mass is 16.4. The molecule has 4 atom stereocenters. The second-order valence-electron chi connectivity index (χ2n) is 8.12. The van der Waals surface area contributed by atoms with Gasteiger partial charge in [-0.2, -0.15) is 0 Å². The van der Waals surface area contributed by atoms with Crippen molar-refractivity contribution >= 4 is 17.8 Å². The zero-order valence-electron chi connectivity index (χ0n) is 14.7. The van der Waals surface area contributed by atoms with Crippen molar-refractivity contribution in [2.24, 2.45) is 28.6 Å². The van der Waals surface area contributed by atoms with E-state index in [-0.39, 0.29) is 30.2 Å². The lowest BCUT2D eigenvalue weighted by Gasteiger charge is -2.22. The molecule has 2 aliphatic carbocycles. The van der Waals surface area contributed by atoms with E-state index in [1.54, 1.807) is 0 Å². The summed E-state index contributed by atoms with van der Waals surface area (Å²) in [4.78, 5) is 38.7. The largest absolute Gasteiger partial charge is 0.481 e. The van der Waals surface area contributed by atoms with Crippen molar-refractivity contribution in [3.05, 3.63) is 23.8 Å². The smallest absolute Gasteiger partial charge is 0.312 e. The number of rotatable bonds is 4. The molecule has 4 unspecified atom stereocenters. The van der Waals surface area contributed by atoms with E-state index in [9.17, 15) is 19.5 Å². The number of carboxylic acid groups (broad SMARTS) is 1. The minimum absolute atomic E-state index is 0.0255. The Morgan fingerprint density at radius 3 is 2.54 bits per heavy atom. The molecule has 1 N–H and O–H groups in total. The average Bonchev–Trinajstić information content (AvgIpc) is 2.86. The first-order valence-corrected chi connectivity index (χ1v) is 8.55. The molecule has 1 heterocycles. The molecule has 0 spiro atoms. The van der Waals surface area contributed by atoms with Crippen LogP contribution in [0.4, 0.5) is 0 Å². The van der Waals surface area contributed by atoms with Crippen LogP contribution in [0.1, 0.15) is 40.5 Å². The maximum absolute atomic E-state index is 12.7. The fourth-order valence-corrected chi connectivity index (χ4v) is 4.62. The number of carboxylic acids is 1. The van der Waals surface area contributed by atoms with Crippen molar-refractivity contribution in [1.82, 2.24) is 4.90 Å². The Labute approximate surface area is 142 Å². The second-order valence-corrected chi connectivity index (χ2v) is 8.12. The lowest BCUT2D eigenvalue weighted by molar-refractivity contribution is -0.149. The van der Waals surface area contributed by atoms with Gasteiger partial charge in [0.2, 0.25) is 11.8 Å². The topological polar surface area (TPSA) is 74.7 Å². The molecule has 2 fully saturated rings. The molecular formula is C19H25NO4. The van der Waals surface area contributed by atoms with Gasteiger partial charge in [-0.15, -0.1) is 0 Å². The molecule has 5 nitrogen and oxygen atoms in total. The fourth-order valence-electron chi connectivity index (χ4n) is 4.62. The molecule has 1 aliphatic heterocycles. The van der Waals surface area contributed by atoms with Crippen LogP contribution in [0.3, 0.4) is 0 Å². The lowest BCUT2D eigenvalue weighted by atomic mass is 9.86. The van der Waals surface area contributed by atoms with E-state index in [2.05, 4.69) is 0 Å². The van der Waals surface area contributed by atoms with E-state index in [1.807, 2.05) is 45.9 Å². The summed E-state index contributed by atoms with van der Waals surface area (Å²) in [5, 5.41) is 9.92. The second kappa shape index (κ2) is 5.30. The number of likely N-dealkylation sites (tertiary alicyclic amines) is 1. The molecule has 3 rings (SSSR count). The monoisotopic (exact) mass is 331 g/mol. The normalized spacial score (nSPS) is 36.5. The number of carbonyl (C=O) groups excluding carboxylic acids is 2. The summed E-state index contributed by atoms with van der Waals surface area (Å²) in [6.07, 6.45) is 7.18. The molecule has 0 bridgehead atoms. The van der Waals surface area contributed by atoms with Gasteiger partial charge in [-0.05, 0) is 32.1 Å². The van der Waals surface area contributed by atoms with Crippen LogP contribution in [0.2, 0.25) is 0 Å². The summed E-state index contributed by atoms with van der Waals surface area (Å²) in [5.41, 5.74) is -0.528. The van der Waals surface area contributed by atoms with E-state index in [0.29, 0.717) is 6.42 Å². The summed E-state index contributed by atoms with van der Waals surface area (Å²) in [6.45, 7) is 7.66. The number of hydrogen-bond donors (Lipinski definition) is 1. The van der Waals surface area contributed by atoms with Gasteiger partial charge in [-0.1, -0.05) is 37.6 Å². The SMILES string of the molecule is CC(C)=CC1C(C)(C)C1(CN1C(=O)C2C=CCCC2C1=O)C(=O)O. The Morgan fingerprint density at radius 1 is 1.33 bits per heavy atom. The van der Waals surface area contributed by atoms with Gasteiger partial charge >= 0.3 is 5.97 Å². The van der Waals surface area contributed by atoms with Crippen molar-refractivity contribution in [3.8, 4) is 0 Å². The van der Waals surface area contributed by atoms with E-state index in [4.69, 9.17) is 0 Å². The lowest BCUT2D eigenvalue weighted by Crippen LogP contribution is -2.41. The number of nitrogens with zero attached hydrogens (tertiary/aromatic N) is 1. The predicted molar refractivity (Wildman–Crippen MR) is 88.8 cm³/mol. The molecule has 5 heteroatoms. The summed E-state index contributed by atoms with van der Waals surface area (Å²) >= 11 is 0. The molecule has 1 saturated heterocycles. The number of allylic oxidation sites excluding steroid dienone is 3. The fraction of sp³-hybridized carbons (Fsp3) is 0.632. The first kappa shape index (κ1) is 16.9. The summed E-state index contributed by atoms with van der Waals surface area (Å²) < 4.78 is 0. The maximum atomic E-state index is 12.7. The summed E-state index contributed by atoms with van der Waals surface area (Å²) in [5.74, 6) is -2.25. The third kappa shape index (κ3) is 2.10.